The van der Waals surface area contributed by atoms with Crippen molar-refractivity contribution in [2.45, 2.75) is 39.5 Å². The molecule has 0 heterocycles. The van der Waals surface area contributed by atoms with Gasteiger partial charge in [-0.15, -0.1) is 12.4 Å². The van der Waals surface area contributed by atoms with Crippen molar-refractivity contribution in [2.75, 3.05) is 0 Å². The van der Waals surface area contributed by atoms with Crippen LogP contribution in [0, 0.1) is 0 Å². The van der Waals surface area contributed by atoms with Crippen LogP contribution in [0.1, 0.15) is 31.4 Å². The first-order chi connectivity index (χ1) is 11.0. The van der Waals surface area contributed by atoms with Crippen LogP contribution in [0.4, 0.5) is 0 Å². The summed E-state index contributed by atoms with van der Waals surface area (Å²) in [6.07, 6.45) is 1.07. The first-order valence-electron chi connectivity index (χ1n) is 7.58. The summed E-state index contributed by atoms with van der Waals surface area (Å²) in [5, 5.41) is 5.37. The molecule has 0 aliphatic carbocycles. The normalized spacial score (nSPS) is 11.7. The Hall–Kier alpha value is -0.640. The van der Waals surface area contributed by atoms with Gasteiger partial charge in [-0.25, -0.2) is 0 Å². The van der Waals surface area contributed by atoms with Crippen molar-refractivity contribution in [1.82, 2.24) is 5.32 Å². The number of hydrogen-bond donors (Lipinski definition) is 1. The number of ether oxygens (including phenoxy) is 1. The third-order valence-corrected chi connectivity index (χ3v) is 4.50. The average Bonchev–Trinajstić information content (AvgIpc) is 2.53. The van der Waals surface area contributed by atoms with Gasteiger partial charge in [0, 0.05) is 38.8 Å². The maximum absolute atomic E-state index is 6.18. The Kier molecular flexibility index (Phi) is 9.25. The van der Waals surface area contributed by atoms with Crippen LogP contribution in [0.2, 0.25) is 15.1 Å². The number of rotatable bonds is 7. The molecule has 1 unspecified atom stereocenters. The third-order valence-electron chi connectivity index (χ3n) is 3.67. The standard InChI is InChI=1S/C18H20Cl3NO.ClH/c1-3-12(2)22-10-14-8-15(19)6-7-18(14)23-11-13-4-5-16(20)9-17(13)21;/h4-9,12,22H,3,10-11H2,1-2H3;1H. The molecule has 2 nitrogen and oxygen atoms in total. The molecule has 0 spiro atoms. The van der Waals surface area contributed by atoms with E-state index in [9.17, 15) is 0 Å². The zero-order valence-corrected chi connectivity index (χ0v) is 16.7. The molecule has 0 amide bonds. The molecule has 0 bridgehead atoms. The summed E-state index contributed by atoms with van der Waals surface area (Å²) in [6.45, 7) is 5.39. The molecule has 2 rings (SSSR count). The molecular weight excluding hydrogens is 388 g/mol. The summed E-state index contributed by atoms with van der Waals surface area (Å²) in [6, 6.07) is 11.5. The Morgan fingerprint density at radius 2 is 1.67 bits per heavy atom. The van der Waals surface area contributed by atoms with Crippen molar-refractivity contribution >= 4 is 47.2 Å². The second kappa shape index (κ2) is 10.4. The first-order valence-corrected chi connectivity index (χ1v) is 8.71. The fourth-order valence-corrected chi connectivity index (χ4v) is 2.71. The van der Waals surface area contributed by atoms with Gasteiger partial charge in [-0.3, -0.25) is 0 Å². The van der Waals surface area contributed by atoms with E-state index < -0.39 is 0 Å². The maximum Gasteiger partial charge on any atom is 0.124 e. The molecule has 2 aromatic carbocycles. The topological polar surface area (TPSA) is 21.3 Å². The van der Waals surface area contributed by atoms with Crippen LogP contribution in [-0.2, 0) is 13.2 Å². The summed E-state index contributed by atoms with van der Waals surface area (Å²) in [5.41, 5.74) is 1.93. The van der Waals surface area contributed by atoms with Crippen LogP contribution in [0.3, 0.4) is 0 Å². The Bertz CT molecular complexity index is 663. The largest absolute Gasteiger partial charge is 0.489 e. The molecule has 0 radical (unpaired) electrons. The van der Waals surface area contributed by atoms with Crippen LogP contribution in [0.15, 0.2) is 36.4 Å². The van der Waals surface area contributed by atoms with E-state index in [0.29, 0.717) is 34.3 Å². The summed E-state index contributed by atoms with van der Waals surface area (Å²) >= 11 is 18.2. The summed E-state index contributed by atoms with van der Waals surface area (Å²) in [7, 11) is 0. The van der Waals surface area contributed by atoms with E-state index in [1.54, 1.807) is 12.1 Å². The zero-order valence-electron chi connectivity index (χ0n) is 13.6. The lowest BCUT2D eigenvalue weighted by Crippen LogP contribution is -2.24. The van der Waals surface area contributed by atoms with Crippen molar-refractivity contribution in [2.24, 2.45) is 0 Å². The highest BCUT2D eigenvalue weighted by Gasteiger charge is 2.08. The van der Waals surface area contributed by atoms with E-state index in [2.05, 4.69) is 19.2 Å². The molecule has 6 heteroatoms. The zero-order chi connectivity index (χ0) is 16.8. The van der Waals surface area contributed by atoms with Crippen molar-refractivity contribution in [3.63, 3.8) is 0 Å². The van der Waals surface area contributed by atoms with E-state index in [-0.39, 0.29) is 12.4 Å². The monoisotopic (exact) mass is 407 g/mol. The van der Waals surface area contributed by atoms with E-state index >= 15 is 0 Å². The predicted octanol–water partition coefficient (Wildman–Crippen LogP) is 6.54. The summed E-state index contributed by atoms with van der Waals surface area (Å²) in [4.78, 5) is 0. The number of benzene rings is 2. The van der Waals surface area contributed by atoms with Gasteiger partial charge in [0.05, 0.1) is 0 Å². The average molecular weight is 409 g/mol. The fourth-order valence-electron chi connectivity index (χ4n) is 2.05. The summed E-state index contributed by atoms with van der Waals surface area (Å²) < 4.78 is 5.94. The second-order valence-electron chi connectivity index (χ2n) is 5.47. The molecule has 0 saturated heterocycles. The molecule has 0 aliphatic heterocycles. The van der Waals surface area contributed by atoms with Crippen LogP contribution < -0.4 is 10.1 Å². The van der Waals surface area contributed by atoms with Gasteiger partial charge in [0.2, 0.25) is 0 Å². The van der Waals surface area contributed by atoms with Gasteiger partial charge in [0.25, 0.3) is 0 Å². The van der Waals surface area contributed by atoms with Gasteiger partial charge in [0.15, 0.2) is 0 Å². The van der Waals surface area contributed by atoms with E-state index in [4.69, 9.17) is 39.5 Å². The predicted molar refractivity (Wildman–Crippen MR) is 106 cm³/mol. The molecule has 132 valence electrons. The SMILES string of the molecule is CCC(C)NCc1cc(Cl)ccc1OCc1ccc(Cl)cc1Cl.Cl. The van der Waals surface area contributed by atoms with Crippen LogP contribution in [0.5, 0.6) is 5.75 Å². The Morgan fingerprint density at radius 1 is 1.00 bits per heavy atom. The molecule has 1 atom stereocenters. The lowest BCUT2D eigenvalue weighted by molar-refractivity contribution is 0.301. The van der Waals surface area contributed by atoms with Gasteiger partial charge in [-0.2, -0.15) is 0 Å². The highest BCUT2D eigenvalue weighted by Crippen LogP contribution is 2.26. The minimum absolute atomic E-state index is 0. The highest BCUT2D eigenvalue weighted by molar-refractivity contribution is 6.35. The Morgan fingerprint density at radius 3 is 2.33 bits per heavy atom. The number of halogens is 4. The number of hydrogen-bond acceptors (Lipinski definition) is 2. The molecule has 0 fully saturated rings. The van der Waals surface area contributed by atoms with Crippen LogP contribution in [0.25, 0.3) is 0 Å². The van der Waals surface area contributed by atoms with E-state index in [1.807, 2.05) is 24.3 Å². The summed E-state index contributed by atoms with van der Waals surface area (Å²) in [5.74, 6) is 0.802. The Balaban J connectivity index is 0.00000288. The smallest absolute Gasteiger partial charge is 0.124 e. The molecule has 24 heavy (non-hydrogen) atoms. The molecule has 0 saturated carbocycles. The Labute approximate surface area is 164 Å². The highest BCUT2D eigenvalue weighted by atomic mass is 35.5. The molecule has 0 aromatic heterocycles. The molecular formula is C18H21Cl4NO. The lowest BCUT2D eigenvalue weighted by atomic mass is 10.1. The fraction of sp³-hybridized carbons (Fsp3) is 0.333. The van der Waals surface area contributed by atoms with Crippen LogP contribution >= 0.6 is 47.2 Å². The van der Waals surface area contributed by atoms with Gasteiger partial charge in [0.1, 0.15) is 12.4 Å². The van der Waals surface area contributed by atoms with Crippen LogP contribution in [-0.4, -0.2) is 6.04 Å². The number of nitrogens with one attached hydrogen (secondary N) is 1. The van der Waals surface area contributed by atoms with E-state index in [0.717, 1.165) is 23.3 Å². The third kappa shape index (κ3) is 6.34. The van der Waals surface area contributed by atoms with Gasteiger partial charge < -0.3 is 10.1 Å². The quantitative estimate of drug-likeness (QED) is 0.561. The van der Waals surface area contributed by atoms with Crippen molar-refractivity contribution in [3.05, 3.63) is 62.6 Å². The molecule has 1 N–H and O–H groups in total. The molecule has 0 aliphatic rings. The minimum atomic E-state index is 0. The van der Waals surface area contributed by atoms with Gasteiger partial charge in [-0.05, 0) is 43.7 Å². The molecule has 2 aromatic rings. The minimum Gasteiger partial charge on any atom is -0.489 e. The maximum atomic E-state index is 6.18. The van der Waals surface area contributed by atoms with E-state index in [1.165, 1.54) is 0 Å². The van der Waals surface area contributed by atoms with Gasteiger partial charge >= 0.3 is 0 Å². The van der Waals surface area contributed by atoms with Crippen molar-refractivity contribution in [3.8, 4) is 5.75 Å². The van der Waals surface area contributed by atoms with Crippen molar-refractivity contribution in [1.29, 1.82) is 0 Å². The first kappa shape index (κ1) is 21.4. The second-order valence-corrected chi connectivity index (χ2v) is 6.75. The van der Waals surface area contributed by atoms with Crippen molar-refractivity contribution < 1.29 is 4.74 Å². The van der Waals surface area contributed by atoms with Gasteiger partial charge in [-0.1, -0.05) is 47.8 Å². The lowest BCUT2D eigenvalue weighted by Gasteiger charge is -2.16.